The van der Waals surface area contributed by atoms with E-state index in [1.807, 2.05) is 48.7 Å². The lowest BCUT2D eigenvalue weighted by Gasteiger charge is -2.32. The number of ketones is 1. The highest BCUT2D eigenvalue weighted by Gasteiger charge is 2.26. The second-order valence-electron chi connectivity index (χ2n) is 6.89. The topological polar surface area (TPSA) is 49.8 Å². The second kappa shape index (κ2) is 9.93. The van der Waals surface area contributed by atoms with E-state index < -0.39 is 0 Å². The molecule has 144 valence electrons. The molecule has 1 heterocycles. The zero-order chi connectivity index (χ0) is 19.1. The molecule has 27 heavy (non-hydrogen) atoms. The molecule has 1 saturated heterocycles. The lowest BCUT2D eigenvalue weighted by Crippen LogP contribution is -2.38. The van der Waals surface area contributed by atoms with Crippen LogP contribution in [0.5, 0.6) is 5.75 Å². The molecular formula is C22H27NO3S. The molecule has 1 N–H and O–H groups in total. The molecule has 0 aliphatic carbocycles. The number of aliphatic hydroxyl groups excluding tert-OH is 1. The van der Waals surface area contributed by atoms with Crippen LogP contribution >= 0.6 is 11.8 Å². The molecule has 0 saturated carbocycles. The van der Waals surface area contributed by atoms with E-state index in [-0.39, 0.29) is 18.3 Å². The highest BCUT2D eigenvalue weighted by atomic mass is 32.2. The maximum Gasteiger partial charge on any atom is 0.167 e. The van der Waals surface area contributed by atoms with Crippen molar-refractivity contribution in [3.63, 3.8) is 0 Å². The van der Waals surface area contributed by atoms with Crippen molar-refractivity contribution < 1.29 is 14.6 Å². The van der Waals surface area contributed by atoms with Crippen molar-refractivity contribution in [3.8, 4) is 5.75 Å². The van der Waals surface area contributed by atoms with Gasteiger partial charge in [-0.05, 0) is 55.5 Å². The minimum Gasteiger partial charge on any atom is -0.491 e. The van der Waals surface area contributed by atoms with Crippen molar-refractivity contribution >= 4 is 17.5 Å². The largest absolute Gasteiger partial charge is 0.491 e. The summed E-state index contributed by atoms with van der Waals surface area (Å²) in [7, 11) is 0. The van der Waals surface area contributed by atoms with Crippen molar-refractivity contribution in [2.24, 2.45) is 5.92 Å². The van der Waals surface area contributed by atoms with Crippen LogP contribution in [0.25, 0.3) is 0 Å². The summed E-state index contributed by atoms with van der Waals surface area (Å²) in [6.45, 7) is 2.93. The number of benzene rings is 2. The Hall–Kier alpha value is -1.82. The van der Waals surface area contributed by atoms with Crippen LogP contribution in [-0.4, -0.2) is 48.3 Å². The summed E-state index contributed by atoms with van der Waals surface area (Å²) in [6.07, 6.45) is 4.04. The number of likely N-dealkylation sites (tertiary alicyclic amines) is 1. The van der Waals surface area contributed by atoms with E-state index in [1.54, 1.807) is 11.8 Å². The van der Waals surface area contributed by atoms with Gasteiger partial charge in [0.25, 0.3) is 0 Å². The van der Waals surface area contributed by atoms with Crippen molar-refractivity contribution in [1.82, 2.24) is 4.90 Å². The van der Waals surface area contributed by atoms with Gasteiger partial charge in [-0.1, -0.05) is 24.3 Å². The lowest BCUT2D eigenvalue weighted by atomic mass is 9.90. The normalized spacial score (nSPS) is 17.6. The van der Waals surface area contributed by atoms with Crippen LogP contribution in [0.3, 0.4) is 0 Å². The maximum atomic E-state index is 12.9. The third-order valence-electron chi connectivity index (χ3n) is 4.92. The third kappa shape index (κ3) is 5.58. The number of thioether (sulfide) groups is 1. The molecule has 5 heteroatoms. The minimum atomic E-state index is 0.0120. The van der Waals surface area contributed by atoms with Crippen molar-refractivity contribution in [2.45, 2.75) is 24.3 Å². The molecule has 4 nitrogen and oxygen atoms in total. The third-order valence-corrected chi connectivity index (χ3v) is 5.66. The summed E-state index contributed by atoms with van der Waals surface area (Å²) in [5.74, 6) is 1.10. The smallest absolute Gasteiger partial charge is 0.167 e. The SMILES string of the molecule is CSc1ccc(C(=O)C2CCCN(Cc3cccc(OCCO)c3)C2)cc1. The zero-order valence-electron chi connectivity index (χ0n) is 15.8. The van der Waals surface area contributed by atoms with E-state index in [9.17, 15) is 4.79 Å². The lowest BCUT2D eigenvalue weighted by molar-refractivity contribution is 0.0811. The van der Waals surface area contributed by atoms with Gasteiger partial charge in [0.2, 0.25) is 0 Å². The van der Waals surface area contributed by atoms with E-state index in [0.717, 1.165) is 43.8 Å². The summed E-state index contributed by atoms with van der Waals surface area (Å²) >= 11 is 1.69. The Morgan fingerprint density at radius 3 is 2.81 bits per heavy atom. The van der Waals surface area contributed by atoms with Gasteiger partial charge in [-0.15, -0.1) is 11.8 Å². The van der Waals surface area contributed by atoms with Crippen LogP contribution in [0.1, 0.15) is 28.8 Å². The Balaban J connectivity index is 1.61. The number of rotatable bonds is 8. The average Bonchev–Trinajstić information content (AvgIpc) is 2.72. The first-order valence-electron chi connectivity index (χ1n) is 9.43. The van der Waals surface area contributed by atoms with Crippen molar-refractivity contribution in [3.05, 3.63) is 59.7 Å². The van der Waals surface area contributed by atoms with Crippen LogP contribution in [0.15, 0.2) is 53.4 Å². The van der Waals surface area contributed by atoms with E-state index in [0.29, 0.717) is 6.61 Å². The number of carbonyl (C=O) groups excluding carboxylic acids is 1. The molecule has 0 spiro atoms. The highest BCUT2D eigenvalue weighted by molar-refractivity contribution is 7.98. The number of carbonyl (C=O) groups is 1. The predicted molar refractivity (Wildman–Crippen MR) is 110 cm³/mol. The first-order valence-corrected chi connectivity index (χ1v) is 10.7. The van der Waals surface area contributed by atoms with Gasteiger partial charge in [0.15, 0.2) is 5.78 Å². The molecule has 1 aliphatic rings. The van der Waals surface area contributed by atoms with Gasteiger partial charge in [-0.3, -0.25) is 9.69 Å². The quantitative estimate of drug-likeness (QED) is 0.552. The summed E-state index contributed by atoms with van der Waals surface area (Å²) in [5.41, 5.74) is 1.99. The van der Waals surface area contributed by atoms with E-state index in [4.69, 9.17) is 9.84 Å². The second-order valence-corrected chi connectivity index (χ2v) is 7.77. The molecule has 3 rings (SSSR count). The fourth-order valence-electron chi connectivity index (χ4n) is 3.56. The number of nitrogens with zero attached hydrogens (tertiary/aromatic N) is 1. The Bertz CT molecular complexity index is 747. The number of ether oxygens (including phenoxy) is 1. The van der Waals surface area contributed by atoms with Crippen LogP contribution in [-0.2, 0) is 6.54 Å². The van der Waals surface area contributed by atoms with Crippen molar-refractivity contribution in [1.29, 1.82) is 0 Å². The number of aliphatic hydroxyl groups is 1. The molecule has 0 bridgehead atoms. The van der Waals surface area contributed by atoms with Gasteiger partial charge in [0.05, 0.1) is 6.61 Å². The van der Waals surface area contributed by atoms with Crippen LogP contribution < -0.4 is 4.74 Å². The molecule has 0 amide bonds. The molecule has 1 atom stereocenters. The Morgan fingerprint density at radius 2 is 2.07 bits per heavy atom. The van der Waals surface area contributed by atoms with Crippen LogP contribution in [0, 0.1) is 5.92 Å². The Labute approximate surface area is 165 Å². The first kappa shape index (κ1) is 19.9. The Morgan fingerprint density at radius 1 is 1.26 bits per heavy atom. The molecule has 1 fully saturated rings. The average molecular weight is 386 g/mol. The van der Waals surface area contributed by atoms with Crippen molar-refractivity contribution in [2.75, 3.05) is 32.6 Å². The Kier molecular flexibility index (Phi) is 7.33. The van der Waals surface area contributed by atoms with E-state index >= 15 is 0 Å². The summed E-state index contributed by atoms with van der Waals surface area (Å²) in [6, 6.07) is 15.9. The minimum absolute atomic E-state index is 0.0120. The van der Waals surface area contributed by atoms with E-state index in [1.165, 1.54) is 10.5 Å². The maximum absolute atomic E-state index is 12.9. The molecule has 0 aromatic heterocycles. The van der Waals surface area contributed by atoms with Crippen LogP contribution in [0.2, 0.25) is 0 Å². The zero-order valence-corrected chi connectivity index (χ0v) is 16.6. The van der Waals surface area contributed by atoms with Gasteiger partial charge in [0, 0.05) is 29.5 Å². The van der Waals surface area contributed by atoms with E-state index in [2.05, 4.69) is 11.0 Å². The molecule has 2 aromatic carbocycles. The summed E-state index contributed by atoms with van der Waals surface area (Å²) < 4.78 is 5.50. The first-order chi connectivity index (χ1) is 13.2. The molecule has 2 aromatic rings. The fourth-order valence-corrected chi connectivity index (χ4v) is 3.97. The number of hydrogen-bond acceptors (Lipinski definition) is 5. The number of Topliss-reactive ketones (excluding diaryl/α,β-unsaturated/α-hetero) is 1. The van der Waals surface area contributed by atoms with Gasteiger partial charge in [-0.2, -0.15) is 0 Å². The van der Waals surface area contributed by atoms with Gasteiger partial charge in [0.1, 0.15) is 12.4 Å². The molecule has 1 unspecified atom stereocenters. The number of piperidine rings is 1. The molecule has 1 aliphatic heterocycles. The molecule has 0 radical (unpaired) electrons. The van der Waals surface area contributed by atoms with Gasteiger partial charge >= 0.3 is 0 Å². The van der Waals surface area contributed by atoms with Crippen LogP contribution in [0.4, 0.5) is 0 Å². The monoisotopic (exact) mass is 385 g/mol. The van der Waals surface area contributed by atoms with Gasteiger partial charge in [-0.25, -0.2) is 0 Å². The molecular weight excluding hydrogens is 358 g/mol. The summed E-state index contributed by atoms with van der Waals surface area (Å²) in [5, 5.41) is 8.90. The highest BCUT2D eigenvalue weighted by Crippen LogP contribution is 2.24. The van der Waals surface area contributed by atoms with Gasteiger partial charge < -0.3 is 9.84 Å². The standard InChI is InChI=1S/C22H27NO3S/c1-27-21-9-7-18(8-10-21)22(25)19-5-3-11-23(16-19)15-17-4-2-6-20(14-17)26-13-12-24/h2,4,6-10,14,19,24H,3,5,11-13,15-16H2,1H3. The predicted octanol–water partition coefficient (Wildman–Crippen LogP) is 3.87. The number of hydrogen-bond donors (Lipinski definition) is 1. The summed E-state index contributed by atoms with van der Waals surface area (Å²) in [4.78, 5) is 16.4. The fraction of sp³-hybridized carbons (Fsp3) is 0.409.